The maximum Gasteiger partial charge on any atom is 0.315 e. The third kappa shape index (κ3) is 9.16. The Kier molecular flexibility index (Phi) is 12.5. The smallest absolute Gasteiger partial charge is 0.315 e. The number of sulfone groups is 1. The average molecular weight is 736 g/mol. The van der Waals surface area contributed by atoms with Gasteiger partial charge in [0, 0.05) is 25.9 Å². The van der Waals surface area contributed by atoms with E-state index in [1.165, 1.54) is 17.0 Å². The highest BCUT2D eigenvalue weighted by molar-refractivity contribution is 7.91. The van der Waals surface area contributed by atoms with Crippen LogP contribution in [0.3, 0.4) is 0 Å². The van der Waals surface area contributed by atoms with E-state index in [-0.39, 0.29) is 60.3 Å². The molecule has 0 radical (unpaired) electrons. The molecule has 2 aliphatic carbocycles. The molecule has 12 nitrogen and oxygen atoms in total. The van der Waals surface area contributed by atoms with E-state index < -0.39 is 68.5 Å². The number of fused-ring (bicyclic) bond motifs is 1. The SMILES string of the molecule is C#CCCNC(=O)C(=O)C(CCC#C)NC(=O)[C@@H]1C2[C@H](CN1C(=O)[C@@H](NC(=O)NC1(CS(=O)(=O)c3ccccc3)CCCCC1)C(C)(C)C)C2(C)C. The second-order valence-corrected chi connectivity index (χ2v) is 18.1. The molecule has 0 aromatic heterocycles. The number of rotatable bonds is 14. The molecular formula is C39H53N5O7S. The standard InChI is InChI=1S/C39H53N5O7S/c1-8-10-20-28(31(45)34(47)40-23-11-9-2)41-33(46)30-29-27(38(29,6)7)24-44(30)35(48)32(37(3,4)5)42-36(49)43-39(21-16-13-17-22-39)25-52(50,51)26-18-14-12-15-19-26/h1-2,12,14-15,18-19,27-30,32H,10-11,13,16-17,20-25H2,3-7H3,(H,40,47)(H,41,46)(H2,42,43,49)/t27-,28?,29?,30-,32+/m0/s1. The van der Waals surface area contributed by atoms with Crippen LogP contribution in [-0.2, 0) is 29.0 Å². The Morgan fingerprint density at radius 3 is 2.19 bits per heavy atom. The molecule has 3 fully saturated rings. The predicted molar refractivity (Wildman–Crippen MR) is 197 cm³/mol. The highest BCUT2D eigenvalue weighted by atomic mass is 32.2. The normalized spacial score (nSPS) is 22.7. The zero-order valence-corrected chi connectivity index (χ0v) is 31.7. The number of hydrogen-bond donors (Lipinski definition) is 4. The van der Waals surface area contributed by atoms with Gasteiger partial charge in [-0.3, -0.25) is 19.2 Å². The molecule has 0 spiro atoms. The molecule has 5 amide bonds. The Hall–Kier alpha value is -4.36. The van der Waals surface area contributed by atoms with Gasteiger partial charge in [-0.25, -0.2) is 13.2 Å². The van der Waals surface area contributed by atoms with Crippen LogP contribution in [0, 0.1) is 47.4 Å². The van der Waals surface area contributed by atoms with Crippen molar-refractivity contribution in [3.05, 3.63) is 30.3 Å². The molecule has 3 aliphatic rings. The number of nitrogens with zero attached hydrogens (tertiary/aromatic N) is 1. The number of urea groups is 1. The van der Waals surface area contributed by atoms with Crippen LogP contribution in [-0.4, -0.2) is 85.4 Å². The summed E-state index contributed by atoms with van der Waals surface area (Å²) in [5, 5.41) is 11.0. The largest absolute Gasteiger partial charge is 0.348 e. The number of ketones is 1. The molecule has 5 atom stereocenters. The van der Waals surface area contributed by atoms with Gasteiger partial charge in [0.05, 0.1) is 22.2 Å². The number of nitrogens with one attached hydrogen (secondary N) is 4. The van der Waals surface area contributed by atoms with Crippen molar-refractivity contribution < 1.29 is 32.4 Å². The lowest BCUT2D eigenvalue weighted by Gasteiger charge is -2.40. The minimum atomic E-state index is -3.74. The topological polar surface area (TPSA) is 171 Å². The van der Waals surface area contributed by atoms with E-state index >= 15 is 0 Å². The first kappa shape index (κ1) is 40.4. The summed E-state index contributed by atoms with van der Waals surface area (Å²) >= 11 is 0. The number of likely N-dealkylation sites (tertiary alicyclic amines) is 1. The van der Waals surface area contributed by atoms with Gasteiger partial charge in [0.15, 0.2) is 9.84 Å². The Labute approximate surface area is 308 Å². The molecule has 2 saturated carbocycles. The molecular weight excluding hydrogens is 683 g/mol. The van der Waals surface area contributed by atoms with E-state index in [1.54, 1.807) is 39.0 Å². The van der Waals surface area contributed by atoms with Crippen LogP contribution in [0.15, 0.2) is 35.2 Å². The van der Waals surface area contributed by atoms with E-state index in [4.69, 9.17) is 12.8 Å². The molecule has 282 valence electrons. The summed E-state index contributed by atoms with van der Waals surface area (Å²) in [6.07, 6.45) is 14.4. The number of piperidine rings is 1. The summed E-state index contributed by atoms with van der Waals surface area (Å²) in [5.41, 5.74) is -2.10. The monoisotopic (exact) mass is 735 g/mol. The lowest BCUT2D eigenvalue weighted by atomic mass is 9.83. The Morgan fingerprint density at radius 1 is 0.962 bits per heavy atom. The number of amides is 5. The van der Waals surface area contributed by atoms with Gasteiger partial charge in [0.2, 0.25) is 17.6 Å². The molecule has 52 heavy (non-hydrogen) atoms. The van der Waals surface area contributed by atoms with Gasteiger partial charge < -0.3 is 26.2 Å². The van der Waals surface area contributed by atoms with Crippen molar-refractivity contribution in [3.8, 4) is 24.7 Å². The number of carbonyl (C=O) groups is 5. The van der Waals surface area contributed by atoms with E-state index in [0.29, 0.717) is 12.8 Å². The molecule has 1 heterocycles. The van der Waals surface area contributed by atoms with E-state index in [0.717, 1.165) is 19.3 Å². The van der Waals surface area contributed by atoms with Gasteiger partial charge in [-0.05, 0) is 54.1 Å². The lowest BCUT2D eigenvalue weighted by Crippen LogP contribution is -2.63. The quantitative estimate of drug-likeness (QED) is 0.129. The van der Waals surface area contributed by atoms with Crippen LogP contribution < -0.4 is 21.3 Å². The van der Waals surface area contributed by atoms with Crippen molar-refractivity contribution in [3.63, 3.8) is 0 Å². The van der Waals surface area contributed by atoms with Crippen molar-refractivity contribution in [2.24, 2.45) is 22.7 Å². The second kappa shape index (κ2) is 16.1. The van der Waals surface area contributed by atoms with Gasteiger partial charge in [-0.1, -0.05) is 72.1 Å². The van der Waals surface area contributed by atoms with Gasteiger partial charge in [-0.15, -0.1) is 24.7 Å². The minimum Gasteiger partial charge on any atom is -0.348 e. The zero-order chi connectivity index (χ0) is 38.5. The first-order valence-electron chi connectivity index (χ1n) is 18.0. The van der Waals surface area contributed by atoms with Gasteiger partial charge in [0.1, 0.15) is 12.1 Å². The summed E-state index contributed by atoms with van der Waals surface area (Å²) in [6, 6.07) is 4.20. The van der Waals surface area contributed by atoms with E-state index in [9.17, 15) is 32.4 Å². The third-order valence-corrected chi connectivity index (χ3v) is 12.8. The minimum absolute atomic E-state index is 0.00210. The van der Waals surface area contributed by atoms with Gasteiger partial charge >= 0.3 is 6.03 Å². The highest BCUT2D eigenvalue weighted by Crippen LogP contribution is 2.65. The molecule has 1 aromatic carbocycles. The Morgan fingerprint density at radius 2 is 1.60 bits per heavy atom. The maximum absolute atomic E-state index is 14.5. The fourth-order valence-electron chi connectivity index (χ4n) is 7.89. The Balaban J connectivity index is 1.55. The van der Waals surface area contributed by atoms with Crippen LogP contribution in [0.2, 0.25) is 0 Å². The summed E-state index contributed by atoms with van der Waals surface area (Å²) in [7, 11) is -3.74. The highest BCUT2D eigenvalue weighted by Gasteiger charge is 2.70. The second-order valence-electron chi connectivity index (χ2n) is 16.1. The first-order chi connectivity index (χ1) is 24.4. The molecule has 13 heteroatoms. The van der Waals surface area contributed by atoms with Crippen LogP contribution >= 0.6 is 0 Å². The van der Waals surface area contributed by atoms with Crippen molar-refractivity contribution in [1.29, 1.82) is 0 Å². The zero-order valence-electron chi connectivity index (χ0n) is 30.9. The van der Waals surface area contributed by atoms with Crippen molar-refractivity contribution >= 4 is 39.4 Å². The fraction of sp³-hybridized carbons (Fsp3) is 0.615. The van der Waals surface area contributed by atoms with Gasteiger partial charge in [-0.2, -0.15) is 0 Å². The van der Waals surface area contributed by atoms with Crippen LogP contribution in [0.5, 0.6) is 0 Å². The van der Waals surface area contributed by atoms with Crippen molar-refractivity contribution in [1.82, 2.24) is 26.2 Å². The summed E-state index contributed by atoms with van der Waals surface area (Å²) in [6.45, 7) is 9.80. The molecule has 1 saturated heterocycles. The first-order valence-corrected chi connectivity index (χ1v) is 19.7. The predicted octanol–water partition coefficient (Wildman–Crippen LogP) is 2.97. The van der Waals surface area contributed by atoms with Gasteiger partial charge in [0.25, 0.3) is 5.91 Å². The molecule has 4 N–H and O–H groups in total. The molecule has 1 aliphatic heterocycles. The van der Waals surface area contributed by atoms with E-state index in [2.05, 4.69) is 33.1 Å². The Bertz CT molecular complexity index is 1710. The number of Topliss-reactive ketones (excluding diaryl/α,β-unsaturated/α-hetero) is 1. The van der Waals surface area contributed by atoms with Crippen LogP contribution in [0.1, 0.15) is 86.0 Å². The molecule has 1 aromatic rings. The fourth-order valence-corrected chi connectivity index (χ4v) is 9.72. The third-order valence-electron chi connectivity index (χ3n) is 10.9. The van der Waals surface area contributed by atoms with Crippen LogP contribution in [0.25, 0.3) is 0 Å². The lowest BCUT2D eigenvalue weighted by molar-refractivity contribution is -0.145. The maximum atomic E-state index is 14.5. The average Bonchev–Trinajstić information content (AvgIpc) is 3.38. The van der Waals surface area contributed by atoms with Crippen molar-refractivity contribution in [2.75, 3.05) is 18.8 Å². The number of terminal acetylenes is 2. The number of benzene rings is 1. The number of hydrogen-bond acceptors (Lipinski definition) is 7. The van der Waals surface area contributed by atoms with Crippen molar-refractivity contribution in [2.45, 2.75) is 115 Å². The summed E-state index contributed by atoms with van der Waals surface area (Å²) < 4.78 is 27.0. The molecule has 2 unspecified atom stereocenters. The van der Waals surface area contributed by atoms with Crippen LogP contribution in [0.4, 0.5) is 4.79 Å². The summed E-state index contributed by atoms with van der Waals surface area (Å²) in [5.74, 6) is 1.52. The molecule has 0 bridgehead atoms. The summed E-state index contributed by atoms with van der Waals surface area (Å²) in [4.78, 5) is 69.8. The van der Waals surface area contributed by atoms with E-state index in [1.807, 2.05) is 13.8 Å². The number of carbonyl (C=O) groups excluding carboxylic acids is 5. The molecule has 4 rings (SSSR count).